The van der Waals surface area contributed by atoms with Gasteiger partial charge in [-0.1, -0.05) is 17.4 Å². The summed E-state index contributed by atoms with van der Waals surface area (Å²) in [5.74, 6) is 1.19. The first-order valence-electron chi connectivity index (χ1n) is 10.4. The highest BCUT2D eigenvalue weighted by Gasteiger charge is 2.44. The molecule has 2 amide bonds. The number of rotatable bonds is 4. The molecule has 1 aromatic carbocycles. The van der Waals surface area contributed by atoms with Crippen LogP contribution in [0.3, 0.4) is 0 Å². The second-order valence-corrected chi connectivity index (χ2v) is 9.16. The number of anilines is 1. The van der Waals surface area contributed by atoms with E-state index in [0.717, 1.165) is 61.3 Å². The zero-order chi connectivity index (χ0) is 20.0. The third-order valence-electron chi connectivity index (χ3n) is 6.52. The first kappa shape index (κ1) is 19.1. The van der Waals surface area contributed by atoms with Crippen LogP contribution in [0.2, 0.25) is 0 Å². The van der Waals surface area contributed by atoms with Crippen LogP contribution in [0.4, 0.5) is 9.93 Å². The lowest BCUT2D eigenvalue weighted by atomic mass is 9.91. The van der Waals surface area contributed by atoms with Crippen LogP contribution in [-0.2, 0) is 9.47 Å². The van der Waals surface area contributed by atoms with E-state index in [1.165, 1.54) is 16.9 Å². The molecular weight excluding hydrogens is 390 g/mol. The molecule has 0 radical (unpaired) electrons. The number of urea groups is 1. The molecule has 3 aliphatic heterocycles. The number of benzene rings is 1. The monoisotopic (exact) mass is 417 g/mol. The van der Waals surface area contributed by atoms with Gasteiger partial charge < -0.3 is 19.1 Å². The molecule has 7 nitrogen and oxygen atoms in total. The van der Waals surface area contributed by atoms with Gasteiger partial charge in [-0.3, -0.25) is 5.32 Å². The summed E-state index contributed by atoms with van der Waals surface area (Å²) in [5.41, 5.74) is 2.10. The Morgan fingerprint density at radius 3 is 2.79 bits per heavy atom. The van der Waals surface area contributed by atoms with E-state index in [1.54, 1.807) is 12.0 Å². The van der Waals surface area contributed by atoms with Gasteiger partial charge >= 0.3 is 6.03 Å². The Kier molecular flexibility index (Phi) is 5.09. The van der Waals surface area contributed by atoms with E-state index in [2.05, 4.69) is 11.4 Å². The average molecular weight is 418 g/mol. The molecule has 8 heteroatoms. The van der Waals surface area contributed by atoms with Gasteiger partial charge in [0.1, 0.15) is 11.3 Å². The topological polar surface area (TPSA) is 72.9 Å². The van der Waals surface area contributed by atoms with Crippen molar-refractivity contribution in [3.8, 4) is 5.75 Å². The standard InChI is InChI=1S/C21H27N3O4S/c1-24(15-11-13-3-5-16(15)28-13)21(25)23-20-22-18-17(26-2)6-4-14(19(18)29-20)12-7-9-27-10-8-12/h4,6,12-13,15-16H,3,5,7-11H2,1-2H3,(H,22,23,25)/t13-,15+,16+/m1/s1. The molecule has 3 saturated heterocycles. The normalized spacial score (nSPS) is 26.8. The summed E-state index contributed by atoms with van der Waals surface area (Å²) in [6.45, 7) is 1.58. The molecule has 3 atom stereocenters. The number of hydrogen-bond acceptors (Lipinski definition) is 6. The number of fused-ring (bicyclic) bond motifs is 3. The lowest BCUT2D eigenvalue weighted by Gasteiger charge is -2.29. The van der Waals surface area contributed by atoms with E-state index < -0.39 is 0 Å². The number of likely N-dealkylation sites (N-methyl/N-ethyl adjacent to an activating group) is 1. The summed E-state index contributed by atoms with van der Waals surface area (Å²) in [4.78, 5) is 19.4. The Morgan fingerprint density at radius 1 is 1.28 bits per heavy atom. The van der Waals surface area contributed by atoms with Gasteiger partial charge in [-0.25, -0.2) is 9.78 Å². The number of aromatic nitrogens is 1. The summed E-state index contributed by atoms with van der Waals surface area (Å²) in [6, 6.07) is 4.14. The van der Waals surface area contributed by atoms with Gasteiger partial charge in [-0.05, 0) is 49.7 Å². The summed E-state index contributed by atoms with van der Waals surface area (Å²) >= 11 is 1.53. The highest BCUT2D eigenvalue weighted by molar-refractivity contribution is 7.22. The van der Waals surface area contributed by atoms with Crippen molar-refractivity contribution in [2.75, 3.05) is 32.7 Å². The van der Waals surface area contributed by atoms with E-state index in [4.69, 9.17) is 19.2 Å². The second kappa shape index (κ2) is 7.74. The number of carbonyl (C=O) groups excluding carboxylic acids is 1. The van der Waals surface area contributed by atoms with Crippen LogP contribution in [-0.4, -0.2) is 61.5 Å². The summed E-state index contributed by atoms with van der Waals surface area (Å²) in [5, 5.41) is 3.62. The second-order valence-electron chi connectivity index (χ2n) is 8.16. The fraction of sp³-hybridized carbons (Fsp3) is 0.619. The number of nitrogens with one attached hydrogen (secondary N) is 1. The van der Waals surface area contributed by atoms with E-state index in [1.807, 2.05) is 13.1 Å². The molecule has 1 aromatic heterocycles. The molecule has 2 bridgehead atoms. The van der Waals surface area contributed by atoms with Crippen molar-refractivity contribution < 1.29 is 19.0 Å². The van der Waals surface area contributed by atoms with Gasteiger partial charge in [0.05, 0.1) is 30.1 Å². The quantitative estimate of drug-likeness (QED) is 0.815. The number of methoxy groups -OCH3 is 1. The Bertz CT molecular complexity index is 911. The SMILES string of the molecule is COc1ccc(C2CCOCC2)c2sc(NC(=O)N(C)[C@H]3C[C@H]4CC[C@@H]3O4)nc12. The summed E-state index contributed by atoms with van der Waals surface area (Å²) in [6.07, 6.45) is 5.58. The Balaban J connectivity index is 1.39. The highest BCUT2D eigenvalue weighted by Crippen LogP contribution is 2.41. The smallest absolute Gasteiger partial charge is 0.323 e. The van der Waals surface area contributed by atoms with Gasteiger partial charge in [-0.15, -0.1) is 0 Å². The number of thiazole rings is 1. The summed E-state index contributed by atoms with van der Waals surface area (Å²) in [7, 11) is 3.51. The zero-order valence-corrected chi connectivity index (χ0v) is 17.7. The molecule has 3 aliphatic rings. The number of amides is 2. The number of hydrogen-bond donors (Lipinski definition) is 1. The largest absolute Gasteiger partial charge is 0.494 e. The van der Waals surface area contributed by atoms with Crippen molar-refractivity contribution in [2.45, 2.75) is 56.3 Å². The van der Waals surface area contributed by atoms with Crippen LogP contribution in [0, 0.1) is 0 Å². The highest BCUT2D eigenvalue weighted by atomic mass is 32.1. The average Bonchev–Trinajstić information content (AvgIpc) is 3.48. The molecule has 156 valence electrons. The molecule has 29 heavy (non-hydrogen) atoms. The van der Waals surface area contributed by atoms with Crippen molar-refractivity contribution in [2.24, 2.45) is 0 Å². The minimum Gasteiger partial charge on any atom is -0.494 e. The fourth-order valence-corrected chi connectivity index (χ4v) is 5.96. The van der Waals surface area contributed by atoms with Crippen molar-refractivity contribution >= 4 is 32.7 Å². The van der Waals surface area contributed by atoms with Gasteiger partial charge in [0.2, 0.25) is 0 Å². The van der Waals surface area contributed by atoms with Crippen LogP contribution in [0.5, 0.6) is 5.75 Å². The number of carbonyl (C=O) groups is 1. The van der Waals surface area contributed by atoms with Crippen molar-refractivity contribution in [3.63, 3.8) is 0 Å². The maximum absolute atomic E-state index is 12.9. The van der Waals surface area contributed by atoms with Gasteiger partial charge in [0.25, 0.3) is 0 Å². The van der Waals surface area contributed by atoms with E-state index in [9.17, 15) is 4.79 Å². The molecule has 0 saturated carbocycles. The molecular formula is C21H27N3O4S. The van der Waals surface area contributed by atoms with Gasteiger partial charge in [0.15, 0.2) is 5.13 Å². The first-order valence-corrected chi connectivity index (χ1v) is 11.2. The number of ether oxygens (including phenoxy) is 3. The van der Waals surface area contributed by atoms with E-state index in [-0.39, 0.29) is 18.2 Å². The van der Waals surface area contributed by atoms with Crippen LogP contribution in [0.15, 0.2) is 12.1 Å². The van der Waals surface area contributed by atoms with E-state index in [0.29, 0.717) is 17.2 Å². The van der Waals surface area contributed by atoms with Crippen molar-refractivity contribution in [3.05, 3.63) is 17.7 Å². The van der Waals surface area contributed by atoms with Crippen LogP contribution in [0.1, 0.15) is 43.6 Å². The zero-order valence-electron chi connectivity index (χ0n) is 16.8. The third-order valence-corrected chi connectivity index (χ3v) is 7.54. The molecule has 2 aromatic rings. The molecule has 0 spiro atoms. The molecule has 5 rings (SSSR count). The predicted octanol–water partition coefficient (Wildman–Crippen LogP) is 3.98. The van der Waals surface area contributed by atoms with E-state index >= 15 is 0 Å². The van der Waals surface area contributed by atoms with Crippen molar-refractivity contribution in [1.82, 2.24) is 9.88 Å². The molecule has 3 fully saturated rings. The molecule has 0 aliphatic carbocycles. The Hall–Kier alpha value is -1.90. The van der Waals surface area contributed by atoms with Crippen molar-refractivity contribution in [1.29, 1.82) is 0 Å². The van der Waals surface area contributed by atoms with Crippen LogP contribution in [0.25, 0.3) is 10.2 Å². The van der Waals surface area contributed by atoms with Gasteiger partial charge in [0, 0.05) is 20.3 Å². The Labute approximate surface area is 174 Å². The molecule has 1 N–H and O–H groups in total. The molecule has 0 unspecified atom stereocenters. The number of nitrogens with zero attached hydrogens (tertiary/aromatic N) is 2. The summed E-state index contributed by atoms with van der Waals surface area (Å²) < 4.78 is 18.1. The fourth-order valence-electron chi connectivity index (χ4n) is 4.90. The lowest BCUT2D eigenvalue weighted by molar-refractivity contribution is 0.0844. The molecule has 4 heterocycles. The van der Waals surface area contributed by atoms with Crippen LogP contribution >= 0.6 is 11.3 Å². The first-order chi connectivity index (χ1) is 14.1. The minimum absolute atomic E-state index is 0.128. The van der Waals surface area contributed by atoms with Crippen LogP contribution < -0.4 is 10.1 Å². The minimum atomic E-state index is -0.128. The Morgan fingerprint density at radius 2 is 2.10 bits per heavy atom. The maximum atomic E-state index is 12.9. The third kappa shape index (κ3) is 3.47. The van der Waals surface area contributed by atoms with Gasteiger partial charge in [-0.2, -0.15) is 0 Å². The maximum Gasteiger partial charge on any atom is 0.323 e. The lowest BCUT2D eigenvalue weighted by Crippen LogP contribution is -2.44. The predicted molar refractivity (Wildman–Crippen MR) is 112 cm³/mol.